The second-order valence-electron chi connectivity index (χ2n) is 6.76. The van der Waals surface area contributed by atoms with E-state index in [2.05, 4.69) is 4.98 Å². The number of benzene rings is 2. The fourth-order valence-corrected chi connectivity index (χ4v) is 3.97. The Hall–Kier alpha value is -2.62. The summed E-state index contributed by atoms with van der Waals surface area (Å²) in [6.45, 7) is 0.985. The number of fused-ring (bicyclic) bond motifs is 1. The largest absolute Gasteiger partial charge is 0.493 e. The Balaban J connectivity index is 0.00000341. The molecule has 0 aliphatic heterocycles. The summed E-state index contributed by atoms with van der Waals surface area (Å²) in [4.78, 5) is 21.4. The van der Waals surface area contributed by atoms with Gasteiger partial charge in [0.25, 0.3) is 5.91 Å². The van der Waals surface area contributed by atoms with Gasteiger partial charge in [-0.25, -0.2) is 9.37 Å². The summed E-state index contributed by atoms with van der Waals surface area (Å²) in [6, 6.07) is 7.97. The van der Waals surface area contributed by atoms with Crippen molar-refractivity contribution >= 4 is 45.0 Å². The molecule has 0 spiro atoms. The van der Waals surface area contributed by atoms with Crippen LogP contribution < -0.4 is 19.1 Å². The number of nitrogens with zero attached hydrogens (tertiary/aromatic N) is 3. The van der Waals surface area contributed by atoms with Crippen molar-refractivity contribution in [2.75, 3.05) is 53.4 Å². The number of methoxy groups -OCH3 is 3. The molecule has 0 radical (unpaired) electrons. The second-order valence-corrected chi connectivity index (χ2v) is 7.77. The average molecular weight is 470 g/mol. The number of carbonyl (C=O) groups excluding carboxylic acids is 1. The molecule has 0 aliphatic carbocycles. The van der Waals surface area contributed by atoms with Gasteiger partial charge in [-0.05, 0) is 38.4 Å². The molecule has 0 unspecified atom stereocenters. The highest BCUT2D eigenvalue weighted by Crippen LogP contribution is 2.39. The van der Waals surface area contributed by atoms with Gasteiger partial charge >= 0.3 is 0 Å². The van der Waals surface area contributed by atoms with Crippen LogP contribution in [-0.2, 0) is 0 Å². The van der Waals surface area contributed by atoms with Gasteiger partial charge in [0.15, 0.2) is 16.6 Å². The molecule has 0 saturated heterocycles. The third-order valence-electron chi connectivity index (χ3n) is 4.52. The molecule has 0 aliphatic rings. The maximum absolute atomic E-state index is 14.2. The van der Waals surface area contributed by atoms with Gasteiger partial charge in [-0.3, -0.25) is 9.69 Å². The number of para-hydroxylation sites is 1. The third kappa shape index (κ3) is 5.17. The Morgan fingerprint density at radius 1 is 1.06 bits per heavy atom. The van der Waals surface area contributed by atoms with Crippen molar-refractivity contribution in [1.82, 2.24) is 9.88 Å². The van der Waals surface area contributed by atoms with Crippen LogP contribution in [0.2, 0.25) is 0 Å². The Labute approximate surface area is 190 Å². The number of thiazole rings is 1. The lowest BCUT2D eigenvalue weighted by Crippen LogP contribution is -2.36. The number of amides is 1. The summed E-state index contributed by atoms with van der Waals surface area (Å²) in [6.07, 6.45) is 0. The lowest BCUT2D eigenvalue weighted by molar-refractivity contribution is 0.0984. The van der Waals surface area contributed by atoms with E-state index in [0.29, 0.717) is 45.7 Å². The van der Waals surface area contributed by atoms with Crippen LogP contribution in [-0.4, -0.2) is 64.3 Å². The van der Waals surface area contributed by atoms with Crippen molar-refractivity contribution < 1.29 is 23.4 Å². The molecule has 0 atom stereocenters. The van der Waals surface area contributed by atoms with Gasteiger partial charge in [-0.2, -0.15) is 0 Å². The van der Waals surface area contributed by atoms with Crippen LogP contribution in [0, 0.1) is 5.82 Å². The van der Waals surface area contributed by atoms with Crippen molar-refractivity contribution in [3.63, 3.8) is 0 Å². The third-order valence-corrected chi connectivity index (χ3v) is 5.56. The Bertz CT molecular complexity index is 1040. The van der Waals surface area contributed by atoms with E-state index in [1.54, 1.807) is 29.2 Å². The number of rotatable bonds is 8. The first kappa shape index (κ1) is 24.6. The highest BCUT2D eigenvalue weighted by molar-refractivity contribution is 7.22. The van der Waals surface area contributed by atoms with Gasteiger partial charge in [-0.1, -0.05) is 17.4 Å². The predicted octanol–water partition coefficient (Wildman–Crippen LogP) is 4.09. The number of hydrogen-bond acceptors (Lipinski definition) is 7. The van der Waals surface area contributed by atoms with Crippen molar-refractivity contribution in [3.05, 3.63) is 41.7 Å². The van der Waals surface area contributed by atoms with Gasteiger partial charge in [0.1, 0.15) is 11.3 Å². The molecule has 3 rings (SSSR count). The SMILES string of the molecule is COc1cc(C(=O)N(CCN(C)C)c2nc3c(F)cccc3s2)cc(OC)c1OC.Cl. The van der Waals surface area contributed by atoms with E-state index >= 15 is 0 Å². The molecule has 1 heterocycles. The molecule has 10 heteroatoms. The summed E-state index contributed by atoms with van der Waals surface area (Å²) in [5.41, 5.74) is 0.605. The fourth-order valence-electron chi connectivity index (χ4n) is 2.96. The van der Waals surface area contributed by atoms with Crippen LogP contribution in [0.5, 0.6) is 17.2 Å². The van der Waals surface area contributed by atoms with Crippen LogP contribution >= 0.6 is 23.7 Å². The van der Waals surface area contributed by atoms with Gasteiger partial charge in [0.2, 0.25) is 5.75 Å². The van der Waals surface area contributed by atoms with Gasteiger partial charge in [0, 0.05) is 18.7 Å². The van der Waals surface area contributed by atoms with Crippen molar-refractivity contribution in [1.29, 1.82) is 0 Å². The summed E-state index contributed by atoms with van der Waals surface area (Å²) in [5.74, 6) is 0.447. The van der Waals surface area contributed by atoms with Crippen LogP contribution in [0.1, 0.15) is 10.4 Å². The van der Waals surface area contributed by atoms with Gasteiger partial charge in [-0.15, -0.1) is 12.4 Å². The number of hydrogen-bond donors (Lipinski definition) is 0. The monoisotopic (exact) mass is 469 g/mol. The maximum Gasteiger partial charge on any atom is 0.260 e. The molecule has 0 N–H and O–H groups in total. The van der Waals surface area contributed by atoms with Crippen molar-refractivity contribution in [2.24, 2.45) is 0 Å². The molecular weight excluding hydrogens is 445 g/mol. The topological polar surface area (TPSA) is 64.1 Å². The Kier molecular flexibility index (Phi) is 8.43. The molecular formula is C21H25ClFN3O4S. The Morgan fingerprint density at radius 2 is 1.71 bits per heavy atom. The highest BCUT2D eigenvalue weighted by Gasteiger charge is 2.25. The standard InChI is InChI=1S/C21H24FN3O4S.ClH/c1-24(2)9-10-25(21-23-18-14(22)7-6-8-17(18)30-21)20(26)13-11-15(27-3)19(29-5)16(12-13)28-4;/h6-8,11-12H,9-10H2,1-5H3;1H. The molecule has 2 aromatic carbocycles. The van der Waals surface area contributed by atoms with E-state index in [9.17, 15) is 9.18 Å². The van der Waals surface area contributed by atoms with Crippen LogP contribution in [0.4, 0.5) is 9.52 Å². The summed E-state index contributed by atoms with van der Waals surface area (Å²) < 4.78 is 30.9. The first-order valence-corrected chi connectivity index (χ1v) is 10.0. The maximum atomic E-state index is 14.2. The molecule has 168 valence electrons. The summed E-state index contributed by atoms with van der Waals surface area (Å²) in [5, 5.41) is 0.427. The minimum Gasteiger partial charge on any atom is -0.493 e. The lowest BCUT2D eigenvalue weighted by Gasteiger charge is -2.23. The van der Waals surface area contributed by atoms with E-state index in [-0.39, 0.29) is 23.8 Å². The van der Waals surface area contributed by atoms with Gasteiger partial charge < -0.3 is 19.1 Å². The van der Waals surface area contributed by atoms with Crippen LogP contribution in [0.3, 0.4) is 0 Å². The highest BCUT2D eigenvalue weighted by atomic mass is 35.5. The zero-order valence-electron chi connectivity index (χ0n) is 18.0. The minimum atomic E-state index is -0.414. The number of anilines is 1. The minimum absolute atomic E-state index is 0. The molecule has 0 fully saturated rings. The first-order chi connectivity index (χ1) is 14.4. The molecule has 31 heavy (non-hydrogen) atoms. The fraction of sp³-hybridized carbons (Fsp3) is 0.333. The first-order valence-electron chi connectivity index (χ1n) is 9.21. The van der Waals surface area contributed by atoms with Crippen LogP contribution in [0.15, 0.2) is 30.3 Å². The van der Waals surface area contributed by atoms with Crippen molar-refractivity contribution in [2.45, 2.75) is 0 Å². The normalized spacial score (nSPS) is 10.7. The lowest BCUT2D eigenvalue weighted by atomic mass is 10.1. The zero-order valence-corrected chi connectivity index (χ0v) is 19.6. The smallest absolute Gasteiger partial charge is 0.260 e. The van der Waals surface area contributed by atoms with E-state index in [1.165, 1.54) is 38.7 Å². The molecule has 0 saturated carbocycles. The number of halogens is 2. The molecule has 7 nitrogen and oxygen atoms in total. The Morgan fingerprint density at radius 3 is 2.23 bits per heavy atom. The average Bonchev–Trinajstić information content (AvgIpc) is 3.17. The second kappa shape index (κ2) is 10.6. The van der Waals surface area contributed by atoms with E-state index in [1.807, 2.05) is 19.0 Å². The molecule has 3 aromatic rings. The zero-order chi connectivity index (χ0) is 21.8. The molecule has 1 aromatic heterocycles. The summed E-state index contributed by atoms with van der Waals surface area (Å²) >= 11 is 1.27. The number of likely N-dealkylation sites (N-methyl/N-ethyl adjacent to an activating group) is 1. The molecule has 0 bridgehead atoms. The van der Waals surface area contributed by atoms with Crippen LogP contribution in [0.25, 0.3) is 10.2 Å². The predicted molar refractivity (Wildman–Crippen MR) is 123 cm³/mol. The van der Waals surface area contributed by atoms with E-state index in [0.717, 1.165) is 0 Å². The quantitative estimate of drug-likeness (QED) is 0.495. The van der Waals surface area contributed by atoms with Crippen molar-refractivity contribution in [3.8, 4) is 17.2 Å². The number of ether oxygens (including phenoxy) is 3. The summed E-state index contributed by atoms with van der Waals surface area (Å²) in [7, 11) is 8.32. The molecule has 1 amide bonds. The number of carbonyl (C=O) groups is 1. The number of aromatic nitrogens is 1. The van der Waals surface area contributed by atoms with Gasteiger partial charge in [0.05, 0.1) is 26.0 Å². The van der Waals surface area contributed by atoms with E-state index in [4.69, 9.17) is 14.2 Å². The van der Waals surface area contributed by atoms with E-state index < -0.39 is 5.82 Å².